The lowest BCUT2D eigenvalue weighted by Crippen LogP contribution is -2.53. The van der Waals surface area contributed by atoms with Gasteiger partial charge in [-0.15, -0.1) is 0 Å². The number of furan rings is 1. The first-order valence-corrected chi connectivity index (χ1v) is 11.8. The van der Waals surface area contributed by atoms with Crippen molar-refractivity contribution >= 4 is 51.5 Å². The highest BCUT2D eigenvalue weighted by Crippen LogP contribution is 2.36. The van der Waals surface area contributed by atoms with Crippen LogP contribution in [0.4, 0.5) is 4.79 Å². The Labute approximate surface area is 214 Å². The third kappa shape index (κ3) is 5.75. The molecule has 0 saturated carbocycles. The van der Waals surface area contributed by atoms with E-state index in [1.807, 2.05) is 19.1 Å². The number of nitrogens with one attached hydrogen (secondary N) is 1. The van der Waals surface area contributed by atoms with Gasteiger partial charge in [0.2, 0.25) is 0 Å². The smallest absolute Gasteiger partial charge is 0.331 e. The normalized spacial score (nSPS) is 14.9. The number of barbiturate groups is 1. The van der Waals surface area contributed by atoms with E-state index in [4.69, 9.17) is 25.5 Å². The van der Waals surface area contributed by atoms with Gasteiger partial charge in [0, 0.05) is 9.50 Å². The van der Waals surface area contributed by atoms with E-state index in [9.17, 15) is 14.4 Å². The van der Waals surface area contributed by atoms with Gasteiger partial charge in [0.1, 0.15) is 17.9 Å². The third-order valence-electron chi connectivity index (χ3n) is 5.05. The average molecular weight is 560 g/mol. The summed E-state index contributed by atoms with van der Waals surface area (Å²) in [5, 5.41) is 2.83. The molecule has 10 heteroatoms. The predicted octanol–water partition coefficient (Wildman–Crippen LogP) is 5.34. The molecule has 1 fully saturated rings. The van der Waals surface area contributed by atoms with Crippen LogP contribution in [-0.2, 0) is 22.7 Å². The summed E-state index contributed by atoms with van der Waals surface area (Å²) in [6.45, 7) is 2.39. The first-order valence-electron chi connectivity index (χ1n) is 10.6. The Bertz CT molecular complexity index is 1290. The molecule has 2 aromatic carbocycles. The van der Waals surface area contributed by atoms with Crippen LogP contribution < -0.4 is 14.8 Å². The minimum atomic E-state index is -0.812. The van der Waals surface area contributed by atoms with Gasteiger partial charge >= 0.3 is 6.03 Å². The van der Waals surface area contributed by atoms with Crippen LogP contribution in [0, 0.1) is 0 Å². The summed E-state index contributed by atoms with van der Waals surface area (Å²) in [4.78, 5) is 38.6. The van der Waals surface area contributed by atoms with Crippen molar-refractivity contribution in [2.45, 2.75) is 20.1 Å². The van der Waals surface area contributed by atoms with Crippen LogP contribution in [-0.4, -0.2) is 29.4 Å². The highest BCUT2D eigenvalue weighted by molar-refractivity contribution is 9.10. The van der Waals surface area contributed by atoms with Gasteiger partial charge in [-0.05, 0) is 60.5 Å². The van der Waals surface area contributed by atoms with Gasteiger partial charge in [0.15, 0.2) is 11.5 Å². The number of ether oxygens (including phenoxy) is 2. The molecular formula is C25H20BrClN2O6. The summed E-state index contributed by atoms with van der Waals surface area (Å²) in [5.74, 6) is -0.204. The van der Waals surface area contributed by atoms with E-state index >= 15 is 0 Å². The highest BCUT2D eigenvalue weighted by atomic mass is 79.9. The Morgan fingerprint density at radius 2 is 1.83 bits per heavy atom. The largest absolute Gasteiger partial charge is 0.490 e. The first kappa shape index (κ1) is 24.6. The summed E-state index contributed by atoms with van der Waals surface area (Å²) < 4.78 is 17.5. The van der Waals surface area contributed by atoms with Crippen molar-refractivity contribution < 1.29 is 28.3 Å². The minimum absolute atomic E-state index is 0.106. The van der Waals surface area contributed by atoms with E-state index in [1.54, 1.807) is 36.4 Å². The molecule has 0 radical (unpaired) electrons. The van der Waals surface area contributed by atoms with Crippen molar-refractivity contribution in [3.8, 4) is 11.5 Å². The predicted molar refractivity (Wildman–Crippen MR) is 132 cm³/mol. The molecule has 2 heterocycles. The molecule has 8 nitrogen and oxygen atoms in total. The number of urea groups is 1. The number of halogens is 2. The molecular weight excluding hydrogens is 540 g/mol. The number of benzene rings is 2. The maximum absolute atomic E-state index is 13.0. The molecule has 4 amide bonds. The average Bonchev–Trinajstić information content (AvgIpc) is 3.34. The van der Waals surface area contributed by atoms with Crippen LogP contribution in [0.25, 0.3) is 6.08 Å². The minimum Gasteiger partial charge on any atom is -0.490 e. The topological polar surface area (TPSA) is 98.1 Å². The van der Waals surface area contributed by atoms with Gasteiger partial charge in [-0.3, -0.25) is 19.8 Å². The van der Waals surface area contributed by atoms with Gasteiger partial charge < -0.3 is 13.9 Å². The van der Waals surface area contributed by atoms with Crippen molar-refractivity contribution in [1.29, 1.82) is 0 Å². The second-order valence-corrected chi connectivity index (χ2v) is 8.75. The fourth-order valence-electron chi connectivity index (χ4n) is 3.34. The summed E-state index contributed by atoms with van der Waals surface area (Å²) in [6.07, 6.45) is 2.83. The molecule has 1 aliphatic rings. The zero-order chi connectivity index (χ0) is 24.9. The molecule has 1 aliphatic heterocycles. The Morgan fingerprint density at radius 1 is 1.09 bits per heavy atom. The lowest BCUT2D eigenvalue weighted by molar-refractivity contribution is -0.130. The van der Waals surface area contributed by atoms with Crippen molar-refractivity contribution in [2.24, 2.45) is 0 Å². The summed E-state index contributed by atoms with van der Waals surface area (Å²) in [7, 11) is 0. The Morgan fingerprint density at radius 3 is 2.51 bits per heavy atom. The Hall–Kier alpha value is -3.56. The quantitative estimate of drug-likeness (QED) is 0.296. The monoisotopic (exact) mass is 558 g/mol. The van der Waals surface area contributed by atoms with Crippen molar-refractivity contribution in [2.75, 3.05) is 6.61 Å². The van der Waals surface area contributed by atoms with E-state index < -0.39 is 17.8 Å². The standard InChI is InChI=1S/C25H20BrClN2O6/c1-2-33-21-11-16(20(26)12-22(21)35-14-15-5-7-17(27)8-6-15)10-19-23(30)28-25(32)29(24(19)31)13-18-4-3-9-34-18/h3-12H,2,13-14H2,1H3,(H,28,30,32)/b19-10+. The number of nitrogens with zero attached hydrogens (tertiary/aromatic N) is 1. The number of hydrogen-bond acceptors (Lipinski definition) is 6. The second-order valence-electron chi connectivity index (χ2n) is 7.46. The molecule has 0 atom stereocenters. The van der Waals surface area contributed by atoms with Crippen LogP contribution >= 0.6 is 27.5 Å². The summed E-state index contributed by atoms with van der Waals surface area (Å²) in [6, 6.07) is 13.1. The van der Waals surface area contributed by atoms with E-state index in [0.717, 1.165) is 10.5 Å². The van der Waals surface area contributed by atoms with E-state index in [-0.39, 0.29) is 18.7 Å². The summed E-state index contributed by atoms with van der Waals surface area (Å²) >= 11 is 9.41. The lowest BCUT2D eigenvalue weighted by Gasteiger charge is -2.25. The van der Waals surface area contributed by atoms with Crippen molar-refractivity contribution in [1.82, 2.24) is 10.2 Å². The maximum Gasteiger partial charge on any atom is 0.331 e. The molecule has 3 aromatic rings. The molecule has 0 unspecified atom stereocenters. The first-order chi connectivity index (χ1) is 16.9. The van der Waals surface area contributed by atoms with Gasteiger partial charge in [0.25, 0.3) is 11.8 Å². The summed E-state index contributed by atoms with van der Waals surface area (Å²) in [5.41, 5.74) is 1.22. The molecule has 1 saturated heterocycles. The van der Waals surface area contributed by atoms with Gasteiger partial charge in [-0.25, -0.2) is 4.79 Å². The zero-order valence-corrected chi connectivity index (χ0v) is 20.9. The van der Waals surface area contributed by atoms with Crippen LogP contribution in [0.15, 0.2) is 69.3 Å². The van der Waals surface area contributed by atoms with E-state index in [0.29, 0.717) is 38.9 Å². The third-order valence-corrected chi connectivity index (χ3v) is 5.99. The molecule has 35 heavy (non-hydrogen) atoms. The molecule has 4 rings (SSSR count). The van der Waals surface area contributed by atoms with Crippen LogP contribution in [0.5, 0.6) is 11.5 Å². The number of carbonyl (C=O) groups is 3. The number of imide groups is 2. The molecule has 180 valence electrons. The van der Waals surface area contributed by atoms with Gasteiger partial charge in [-0.2, -0.15) is 0 Å². The maximum atomic E-state index is 13.0. The van der Waals surface area contributed by atoms with Crippen LogP contribution in [0.2, 0.25) is 5.02 Å². The van der Waals surface area contributed by atoms with E-state index in [2.05, 4.69) is 21.2 Å². The number of hydrogen-bond donors (Lipinski definition) is 1. The fourth-order valence-corrected chi connectivity index (χ4v) is 3.90. The van der Waals surface area contributed by atoms with Crippen molar-refractivity contribution in [3.05, 3.63) is 86.7 Å². The molecule has 1 N–H and O–H groups in total. The van der Waals surface area contributed by atoms with Crippen LogP contribution in [0.3, 0.4) is 0 Å². The lowest BCUT2D eigenvalue weighted by atomic mass is 10.1. The molecule has 0 spiro atoms. The Balaban J connectivity index is 1.61. The van der Waals surface area contributed by atoms with Gasteiger partial charge in [0.05, 0.1) is 19.4 Å². The molecule has 1 aromatic heterocycles. The molecule has 0 bridgehead atoms. The van der Waals surface area contributed by atoms with Crippen molar-refractivity contribution in [3.63, 3.8) is 0 Å². The molecule has 0 aliphatic carbocycles. The van der Waals surface area contributed by atoms with E-state index in [1.165, 1.54) is 12.3 Å². The Kier molecular flexibility index (Phi) is 7.57. The second kappa shape index (κ2) is 10.8. The van der Waals surface area contributed by atoms with Crippen LogP contribution in [0.1, 0.15) is 23.8 Å². The van der Waals surface area contributed by atoms with Gasteiger partial charge in [-0.1, -0.05) is 39.7 Å². The number of rotatable bonds is 8. The number of carbonyl (C=O) groups excluding carboxylic acids is 3. The highest BCUT2D eigenvalue weighted by Gasteiger charge is 2.36. The zero-order valence-electron chi connectivity index (χ0n) is 18.5. The SMILES string of the molecule is CCOc1cc(/C=C2\C(=O)NC(=O)N(Cc3ccco3)C2=O)c(Br)cc1OCc1ccc(Cl)cc1. The number of amides is 4. The fraction of sp³-hybridized carbons (Fsp3) is 0.160.